The zero-order valence-corrected chi connectivity index (χ0v) is 9.60. The fourth-order valence-electron chi connectivity index (χ4n) is 0.632. The predicted molar refractivity (Wildman–Crippen MR) is 43.1 cm³/mol. The first kappa shape index (κ1) is 10.3. The molecule has 0 aliphatic heterocycles. The van der Waals surface area contributed by atoms with Crippen molar-refractivity contribution >= 4 is 38.1 Å². The molecular formula is C5H11NO2Se2. The Balaban J connectivity index is 4.12. The standard InChI is InChI=1S/C5H11NO2Se2/c1-3(9)6(4(2)10)5(7)8/h3-4,9-10H,1-2H3,(H,7,8). The zero-order valence-electron chi connectivity index (χ0n) is 5.85. The van der Waals surface area contributed by atoms with Crippen LogP contribution in [0.15, 0.2) is 0 Å². The Kier molecular flexibility index (Phi) is 4.37. The van der Waals surface area contributed by atoms with Crippen molar-refractivity contribution in [3.8, 4) is 0 Å². The summed E-state index contributed by atoms with van der Waals surface area (Å²) in [4.78, 5) is 11.8. The summed E-state index contributed by atoms with van der Waals surface area (Å²) in [7, 11) is 0. The molecule has 3 nitrogen and oxygen atoms in total. The molecule has 0 rings (SSSR count). The molecule has 0 aromatic heterocycles. The van der Waals surface area contributed by atoms with Crippen LogP contribution >= 0.6 is 0 Å². The van der Waals surface area contributed by atoms with Gasteiger partial charge >= 0.3 is 76.6 Å². The third-order valence-electron chi connectivity index (χ3n) is 1.03. The van der Waals surface area contributed by atoms with Crippen molar-refractivity contribution in [2.45, 2.75) is 23.7 Å². The van der Waals surface area contributed by atoms with Crippen molar-refractivity contribution in [1.29, 1.82) is 0 Å². The molecule has 10 heavy (non-hydrogen) atoms. The van der Waals surface area contributed by atoms with E-state index in [0.717, 1.165) is 0 Å². The first-order valence-corrected chi connectivity index (χ1v) is 5.01. The van der Waals surface area contributed by atoms with Crippen LogP contribution in [0, 0.1) is 0 Å². The first-order valence-electron chi connectivity index (χ1n) is 2.84. The van der Waals surface area contributed by atoms with Crippen molar-refractivity contribution in [3.05, 3.63) is 0 Å². The van der Waals surface area contributed by atoms with Crippen LogP contribution in [-0.2, 0) is 0 Å². The molecule has 0 fully saturated rings. The van der Waals surface area contributed by atoms with Gasteiger partial charge in [-0.3, -0.25) is 0 Å². The molecule has 0 aliphatic rings. The summed E-state index contributed by atoms with van der Waals surface area (Å²) in [6, 6.07) is 0. The van der Waals surface area contributed by atoms with E-state index < -0.39 is 6.09 Å². The zero-order chi connectivity index (χ0) is 8.31. The maximum atomic E-state index is 10.5. The number of carboxylic acid groups (broad SMARTS) is 1. The van der Waals surface area contributed by atoms with Crippen molar-refractivity contribution in [2.75, 3.05) is 0 Å². The van der Waals surface area contributed by atoms with Crippen molar-refractivity contribution < 1.29 is 9.90 Å². The molecule has 2 unspecified atom stereocenters. The van der Waals surface area contributed by atoms with Crippen LogP contribution in [0.5, 0.6) is 0 Å². The summed E-state index contributed by atoms with van der Waals surface area (Å²) >= 11 is 4.60. The van der Waals surface area contributed by atoms with E-state index in [1.807, 2.05) is 13.8 Å². The number of carbonyl (C=O) groups is 1. The molecule has 0 aromatic rings. The Bertz CT molecular complexity index is 119. The van der Waals surface area contributed by atoms with Gasteiger partial charge in [-0.2, -0.15) is 0 Å². The Hall–Kier alpha value is 0.309. The molecule has 60 valence electrons. The molecule has 0 spiro atoms. The fourth-order valence-corrected chi connectivity index (χ4v) is 2.38. The monoisotopic (exact) mass is 277 g/mol. The molecule has 0 saturated heterocycles. The van der Waals surface area contributed by atoms with E-state index in [0.29, 0.717) is 0 Å². The quantitative estimate of drug-likeness (QED) is 0.688. The van der Waals surface area contributed by atoms with Gasteiger partial charge in [0.25, 0.3) is 0 Å². The van der Waals surface area contributed by atoms with Gasteiger partial charge in [-0.05, 0) is 0 Å². The van der Waals surface area contributed by atoms with Crippen LogP contribution in [0.1, 0.15) is 13.8 Å². The van der Waals surface area contributed by atoms with Gasteiger partial charge in [0.15, 0.2) is 0 Å². The molecule has 5 heteroatoms. The second kappa shape index (κ2) is 4.24. The third kappa shape index (κ3) is 2.93. The first-order chi connectivity index (χ1) is 4.46. The van der Waals surface area contributed by atoms with Gasteiger partial charge < -0.3 is 0 Å². The molecular weight excluding hydrogens is 264 g/mol. The van der Waals surface area contributed by atoms with Crippen molar-refractivity contribution in [2.24, 2.45) is 0 Å². The second-order valence-corrected chi connectivity index (χ2v) is 5.09. The van der Waals surface area contributed by atoms with Gasteiger partial charge in [0.1, 0.15) is 0 Å². The second-order valence-electron chi connectivity index (χ2n) is 1.95. The van der Waals surface area contributed by atoms with E-state index in [2.05, 4.69) is 32.0 Å². The Morgan fingerprint density at radius 3 is 1.70 bits per heavy atom. The maximum absolute atomic E-state index is 10.5. The molecule has 0 saturated carbocycles. The molecule has 0 bridgehead atoms. The van der Waals surface area contributed by atoms with E-state index in [1.54, 1.807) is 0 Å². The number of nitrogens with zero attached hydrogens (tertiary/aromatic N) is 1. The SMILES string of the molecule is CC([SeH])N(C(=O)O)C(C)[SeH]. The summed E-state index contributed by atoms with van der Waals surface area (Å²) in [6.45, 7) is 3.66. The molecule has 0 heterocycles. The van der Waals surface area contributed by atoms with Gasteiger partial charge in [-0.15, -0.1) is 0 Å². The summed E-state index contributed by atoms with van der Waals surface area (Å²) < 4.78 is 0. The van der Waals surface area contributed by atoms with Crippen LogP contribution in [0.3, 0.4) is 0 Å². The Morgan fingerprint density at radius 2 is 1.70 bits per heavy atom. The number of rotatable bonds is 2. The third-order valence-corrected chi connectivity index (χ3v) is 2.07. The summed E-state index contributed by atoms with van der Waals surface area (Å²) in [5, 5.41) is 8.62. The van der Waals surface area contributed by atoms with Gasteiger partial charge in [-0.25, -0.2) is 0 Å². The summed E-state index contributed by atoms with van der Waals surface area (Å²) in [5.74, 6) is 0. The van der Waals surface area contributed by atoms with E-state index in [-0.39, 0.29) is 9.88 Å². The fraction of sp³-hybridized carbons (Fsp3) is 0.800. The van der Waals surface area contributed by atoms with E-state index >= 15 is 0 Å². The Labute approximate surface area is 76.8 Å². The van der Waals surface area contributed by atoms with Gasteiger partial charge in [0.05, 0.1) is 0 Å². The van der Waals surface area contributed by atoms with Crippen molar-refractivity contribution in [1.82, 2.24) is 4.90 Å². The van der Waals surface area contributed by atoms with E-state index in [9.17, 15) is 4.79 Å². The Morgan fingerprint density at radius 1 is 1.40 bits per heavy atom. The number of hydrogen-bond acceptors (Lipinski definition) is 1. The summed E-state index contributed by atoms with van der Waals surface area (Å²) in [5.41, 5.74) is 0. The minimum absolute atomic E-state index is 0.0110. The normalized spacial score (nSPS) is 16.0. The molecule has 0 aliphatic carbocycles. The van der Waals surface area contributed by atoms with E-state index in [4.69, 9.17) is 5.11 Å². The van der Waals surface area contributed by atoms with Gasteiger partial charge in [-0.1, -0.05) is 0 Å². The molecule has 1 N–H and O–H groups in total. The molecule has 2 atom stereocenters. The van der Waals surface area contributed by atoms with E-state index in [1.165, 1.54) is 4.90 Å². The molecule has 1 amide bonds. The molecule has 0 radical (unpaired) electrons. The average Bonchev–Trinajstić information content (AvgIpc) is 1.59. The van der Waals surface area contributed by atoms with Crippen LogP contribution in [-0.4, -0.2) is 58.0 Å². The van der Waals surface area contributed by atoms with Crippen LogP contribution in [0.25, 0.3) is 0 Å². The van der Waals surface area contributed by atoms with Crippen LogP contribution < -0.4 is 0 Å². The van der Waals surface area contributed by atoms with Crippen LogP contribution in [0.2, 0.25) is 0 Å². The van der Waals surface area contributed by atoms with Crippen molar-refractivity contribution in [3.63, 3.8) is 0 Å². The predicted octanol–water partition coefficient (Wildman–Crippen LogP) is -0.540. The number of hydrogen-bond donors (Lipinski definition) is 1. The van der Waals surface area contributed by atoms with Gasteiger partial charge in [0.2, 0.25) is 0 Å². The minimum atomic E-state index is -0.874. The summed E-state index contributed by atoms with van der Waals surface area (Å²) in [6.07, 6.45) is -0.874. The molecule has 0 aromatic carbocycles. The van der Waals surface area contributed by atoms with Crippen LogP contribution in [0.4, 0.5) is 4.79 Å². The topological polar surface area (TPSA) is 40.5 Å². The van der Waals surface area contributed by atoms with Gasteiger partial charge in [0, 0.05) is 0 Å². The average molecular weight is 275 g/mol. The number of amides is 1.